The lowest BCUT2D eigenvalue weighted by Crippen LogP contribution is -2.67. The minimum atomic E-state index is 0.122. The molecule has 0 saturated heterocycles. The highest BCUT2D eigenvalue weighted by Gasteiger charge is 2.72. The van der Waals surface area contributed by atoms with Crippen molar-refractivity contribution >= 4 is 0 Å². The largest absolute Gasteiger partial charge is 0.120 e. The van der Waals surface area contributed by atoms with Crippen LogP contribution in [0.5, 0.6) is 0 Å². The quantitative estimate of drug-likeness (QED) is 0.495. The zero-order valence-corrected chi connectivity index (χ0v) is 16.8. The summed E-state index contributed by atoms with van der Waals surface area (Å²) in [5, 5.41) is 0. The second-order valence-electron chi connectivity index (χ2n) is 13.0. The van der Waals surface area contributed by atoms with Crippen LogP contribution in [0.4, 0.5) is 0 Å². The van der Waals surface area contributed by atoms with Gasteiger partial charge in [0.1, 0.15) is 0 Å². The summed E-state index contributed by atoms with van der Waals surface area (Å²) in [6.07, 6.45) is 29.0. The molecule has 0 aromatic rings. The smallest absolute Gasteiger partial charge is 0.0334 e. The molecule has 26 heavy (non-hydrogen) atoms. The number of terminal acetylenes is 2. The highest BCUT2D eigenvalue weighted by molar-refractivity contribution is 5.30. The Morgan fingerprint density at radius 3 is 1.50 bits per heavy atom. The Kier molecular flexibility index (Phi) is 2.63. The molecule has 0 N–H and O–H groups in total. The van der Waals surface area contributed by atoms with Gasteiger partial charge in [-0.1, -0.05) is 25.7 Å². The van der Waals surface area contributed by atoms with Gasteiger partial charge >= 0.3 is 0 Å². The van der Waals surface area contributed by atoms with Gasteiger partial charge in [-0.05, 0) is 111 Å². The summed E-state index contributed by atoms with van der Waals surface area (Å²) in [5.41, 5.74) is 2.41. The molecule has 4 unspecified atom stereocenters. The van der Waals surface area contributed by atoms with E-state index in [-0.39, 0.29) is 10.8 Å². The molecule has 8 bridgehead atoms. The van der Waals surface area contributed by atoms with Gasteiger partial charge in [-0.2, -0.15) is 0 Å². The van der Waals surface area contributed by atoms with E-state index in [4.69, 9.17) is 12.8 Å². The van der Waals surface area contributed by atoms with Crippen LogP contribution in [0.1, 0.15) is 90.9 Å². The molecule has 0 aromatic heterocycles. The van der Waals surface area contributed by atoms with Crippen molar-refractivity contribution in [2.24, 2.45) is 44.3 Å². The lowest BCUT2D eigenvalue weighted by Gasteiger charge is -2.76. The average molecular weight is 347 g/mol. The van der Waals surface area contributed by atoms with Gasteiger partial charge < -0.3 is 0 Å². The summed E-state index contributed by atoms with van der Waals surface area (Å²) in [4.78, 5) is 0. The van der Waals surface area contributed by atoms with E-state index in [1.54, 1.807) is 0 Å². The van der Waals surface area contributed by atoms with E-state index in [2.05, 4.69) is 25.7 Å². The van der Waals surface area contributed by atoms with Crippen LogP contribution in [0.25, 0.3) is 0 Å². The van der Waals surface area contributed by atoms with E-state index in [0.29, 0.717) is 21.7 Å². The minimum absolute atomic E-state index is 0.122. The summed E-state index contributed by atoms with van der Waals surface area (Å²) in [6.45, 7) is 5.25. The molecule has 0 heterocycles. The van der Waals surface area contributed by atoms with Gasteiger partial charge in [-0.25, -0.2) is 0 Å². The third-order valence-corrected chi connectivity index (χ3v) is 10.4. The number of hydrogen-bond acceptors (Lipinski definition) is 0. The first-order chi connectivity index (χ1) is 12.2. The molecule has 8 rings (SSSR count). The van der Waals surface area contributed by atoms with Crippen LogP contribution in [0.15, 0.2) is 0 Å². The molecule has 8 fully saturated rings. The summed E-state index contributed by atoms with van der Waals surface area (Å²) in [7, 11) is 0. The lowest BCUT2D eigenvalue weighted by molar-refractivity contribution is -0.253. The van der Waals surface area contributed by atoms with Gasteiger partial charge in [0.25, 0.3) is 0 Å². The van der Waals surface area contributed by atoms with Crippen molar-refractivity contribution in [1.29, 1.82) is 0 Å². The molecular formula is C26H34. The van der Waals surface area contributed by atoms with E-state index in [0.717, 1.165) is 18.3 Å². The van der Waals surface area contributed by atoms with Crippen LogP contribution >= 0.6 is 0 Å². The van der Waals surface area contributed by atoms with Gasteiger partial charge in [0.2, 0.25) is 0 Å². The van der Waals surface area contributed by atoms with E-state index in [1.807, 2.05) is 0 Å². The molecule has 0 aliphatic heterocycles. The van der Waals surface area contributed by atoms with Crippen molar-refractivity contribution in [3.63, 3.8) is 0 Å². The molecule has 4 atom stereocenters. The molecule has 0 nitrogen and oxygen atoms in total. The second-order valence-corrected chi connectivity index (χ2v) is 13.0. The van der Waals surface area contributed by atoms with E-state index < -0.39 is 0 Å². The van der Waals surface area contributed by atoms with Gasteiger partial charge in [-0.3, -0.25) is 0 Å². The Hall–Kier alpha value is -0.880. The van der Waals surface area contributed by atoms with Crippen LogP contribution < -0.4 is 0 Å². The highest BCUT2D eigenvalue weighted by atomic mass is 14.8. The van der Waals surface area contributed by atoms with Gasteiger partial charge in [0, 0.05) is 10.8 Å². The zero-order chi connectivity index (χ0) is 18.1. The summed E-state index contributed by atoms with van der Waals surface area (Å²) < 4.78 is 0. The standard InChI is InChI=1S/C26H34/c1-5-23-9-20-10-24(6-2,16-23)18-26(12-20,17-23)25-11-19-7-21(3,14-25)13-22(4,8-19)15-25/h1-2,19-20H,7-18H2,3-4H3. The number of hydrogen-bond donors (Lipinski definition) is 0. The Bertz CT molecular complexity index is 723. The maximum Gasteiger partial charge on any atom is 0.0334 e. The lowest BCUT2D eigenvalue weighted by atomic mass is 9.28. The van der Waals surface area contributed by atoms with Crippen LogP contribution in [0, 0.1) is 69.0 Å². The highest BCUT2D eigenvalue weighted by Crippen LogP contribution is 2.81. The first-order valence-corrected chi connectivity index (χ1v) is 11.1. The Morgan fingerprint density at radius 2 is 1.04 bits per heavy atom. The fourth-order valence-electron chi connectivity index (χ4n) is 11.4. The molecule has 0 heteroatoms. The van der Waals surface area contributed by atoms with Crippen LogP contribution in [-0.4, -0.2) is 0 Å². The summed E-state index contributed by atoms with van der Waals surface area (Å²) in [5.74, 6) is 8.47. The number of rotatable bonds is 1. The van der Waals surface area contributed by atoms with Gasteiger partial charge in [-0.15, -0.1) is 12.8 Å². The van der Waals surface area contributed by atoms with E-state index >= 15 is 0 Å². The Balaban J connectivity index is 1.51. The van der Waals surface area contributed by atoms with Crippen molar-refractivity contribution in [1.82, 2.24) is 0 Å². The summed E-state index contributed by atoms with van der Waals surface area (Å²) >= 11 is 0. The molecule has 0 radical (unpaired) electrons. The normalized spacial score (nSPS) is 64.3. The second kappa shape index (κ2) is 4.24. The van der Waals surface area contributed by atoms with Crippen LogP contribution in [-0.2, 0) is 0 Å². The topological polar surface area (TPSA) is 0 Å². The first-order valence-electron chi connectivity index (χ1n) is 11.1. The average Bonchev–Trinajstić information content (AvgIpc) is 2.50. The predicted octanol–water partition coefficient (Wildman–Crippen LogP) is 6.21. The van der Waals surface area contributed by atoms with Crippen molar-refractivity contribution in [3.8, 4) is 24.7 Å². The molecule has 0 aromatic carbocycles. The molecule has 8 saturated carbocycles. The molecule has 0 spiro atoms. The molecule has 0 amide bonds. The van der Waals surface area contributed by atoms with Crippen LogP contribution in [0.2, 0.25) is 0 Å². The van der Waals surface area contributed by atoms with E-state index in [1.165, 1.54) is 70.6 Å². The molecular weight excluding hydrogens is 312 g/mol. The third kappa shape index (κ3) is 1.76. The van der Waals surface area contributed by atoms with Crippen LogP contribution in [0.3, 0.4) is 0 Å². The Morgan fingerprint density at radius 1 is 0.577 bits per heavy atom. The molecule has 8 aliphatic rings. The fourth-order valence-corrected chi connectivity index (χ4v) is 11.4. The predicted molar refractivity (Wildman–Crippen MR) is 106 cm³/mol. The van der Waals surface area contributed by atoms with Gasteiger partial charge in [0.15, 0.2) is 0 Å². The maximum atomic E-state index is 6.23. The van der Waals surface area contributed by atoms with Gasteiger partial charge in [0.05, 0.1) is 0 Å². The minimum Gasteiger partial charge on any atom is -0.120 e. The zero-order valence-electron chi connectivity index (χ0n) is 16.8. The Labute approximate surface area is 160 Å². The molecule has 138 valence electrons. The monoisotopic (exact) mass is 346 g/mol. The van der Waals surface area contributed by atoms with Crippen molar-refractivity contribution in [2.45, 2.75) is 90.9 Å². The fraction of sp³-hybridized carbons (Fsp3) is 0.846. The van der Waals surface area contributed by atoms with Crippen molar-refractivity contribution in [2.75, 3.05) is 0 Å². The van der Waals surface area contributed by atoms with Crippen molar-refractivity contribution in [3.05, 3.63) is 0 Å². The maximum absolute atomic E-state index is 6.23. The SMILES string of the molecule is C#CC12CC3CC(C#C)(C1)CC(C14CC5CC(C)(CC(C)(C5)C1)C4)(C3)C2. The third-order valence-electron chi connectivity index (χ3n) is 10.4. The van der Waals surface area contributed by atoms with E-state index in [9.17, 15) is 0 Å². The molecule has 8 aliphatic carbocycles. The first kappa shape index (κ1) is 16.1. The summed E-state index contributed by atoms with van der Waals surface area (Å²) in [6, 6.07) is 0. The van der Waals surface area contributed by atoms with Crippen molar-refractivity contribution < 1.29 is 0 Å².